The molecule has 0 atom stereocenters. The molecule has 1 saturated carbocycles. The van der Waals surface area contributed by atoms with E-state index in [0.717, 1.165) is 12.8 Å². The van der Waals surface area contributed by atoms with Crippen LogP contribution >= 0.6 is 0 Å². The molecule has 0 heterocycles. The normalized spacial score (nSPS) is 14.2. The number of rotatable bonds is 9. The van der Waals surface area contributed by atoms with Crippen LogP contribution in [0.3, 0.4) is 0 Å². The van der Waals surface area contributed by atoms with E-state index in [1.807, 2.05) is 13.8 Å². The average molecular weight is 368 g/mol. The monoisotopic (exact) mass is 368 g/mol. The lowest BCUT2D eigenvalue weighted by molar-refractivity contribution is -0.125. The minimum absolute atomic E-state index is 0.00303. The van der Waals surface area contributed by atoms with Crippen molar-refractivity contribution in [2.24, 2.45) is 0 Å². The molecule has 0 bridgehead atoms. The van der Waals surface area contributed by atoms with Crippen LogP contribution in [0, 0.1) is 0 Å². The van der Waals surface area contributed by atoms with Crippen LogP contribution < -0.4 is 15.4 Å². The zero-order valence-corrected chi connectivity index (χ0v) is 15.3. The maximum atomic E-state index is 12.3. The van der Waals surface area contributed by atoms with E-state index < -0.39 is 15.7 Å². The van der Waals surface area contributed by atoms with Crippen LogP contribution in [0.1, 0.15) is 33.1 Å². The lowest BCUT2D eigenvalue weighted by atomic mass is 10.3. The van der Waals surface area contributed by atoms with Crippen molar-refractivity contribution in [1.82, 2.24) is 10.6 Å². The largest absolute Gasteiger partial charge is 0.491 e. The molecule has 0 spiro atoms. The summed E-state index contributed by atoms with van der Waals surface area (Å²) in [6.07, 6.45) is 1.75. The molecule has 0 unspecified atom stereocenters. The second-order valence-electron chi connectivity index (χ2n) is 6.33. The van der Waals surface area contributed by atoms with Gasteiger partial charge in [-0.15, -0.1) is 0 Å². The number of nitrogens with one attached hydrogen (secondary N) is 2. The van der Waals surface area contributed by atoms with Gasteiger partial charge in [-0.1, -0.05) is 0 Å². The predicted molar refractivity (Wildman–Crippen MR) is 93.1 cm³/mol. The lowest BCUT2D eigenvalue weighted by Gasteiger charge is -2.10. The van der Waals surface area contributed by atoms with Gasteiger partial charge in [0.15, 0.2) is 9.84 Å². The zero-order chi connectivity index (χ0) is 18.4. The van der Waals surface area contributed by atoms with E-state index in [2.05, 4.69) is 10.6 Å². The third-order valence-electron chi connectivity index (χ3n) is 3.54. The summed E-state index contributed by atoms with van der Waals surface area (Å²) in [5, 5.41) is 5.18. The molecule has 8 heteroatoms. The average Bonchev–Trinajstić information content (AvgIpc) is 3.35. The molecule has 1 fully saturated rings. The third kappa shape index (κ3) is 6.74. The molecule has 1 aromatic carbocycles. The van der Waals surface area contributed by atoms with Gasteiger partial charge in [-0.05, 0) is 51.0 Å². The molecule has 0 aliphatic heterocycles. The first kappa shape index (κ1) is 19.2. The van der Waals surface area contributed by atoms with Crippen LogP contribution in [0.5, 0.6) is 5.75 Å². The summed E-state index contributed by atoms with van der Waals surface area (Å²) in [6, 6.07) is 6.35. The second kappa shape index (κ2) is 8.33. The Kier molecular flexibility index (Phi) is 6.41. The molecule has 1 aliphatic rings. The highest BCUT2D eigenvalue weighted by atomic mass is 32.2. The van der Waals surface area contributed by atoms with Crippen molar-refractivity contribution in [1.29, 1.82) is 0 Å². The zero-order valence-electron chi connectivity index (χ0n) is 14.4. The number of carbonyl (C=O) groups is 2. The Morgan fingerprint density at radius 2 is 1.80 bits per heavy atom. The molecule has 25 heavy (non-hydrogen) atoms. The molecular formula is C17H24N2O5S. The van der Waals surface area contributed by atoms with Gasteiger partial charge in [-0.2, -0.15) is 0 Å². The van der Waals surface area contributed by atoms with Crippen LogP contribution in [0.4, 0.5) is 0 Å². The Labute approximate surface area is 148 Å². The SMILES string of the molecule is CC(C)Oc1ccc(S(=O)(=O)CCC(=O)NCC(=O)NC2CC2)cc1. The highest BCUT2D eigenvalue weighted by Gasteiger charge is 2.23. The number of benzene rings is 1. The summed E-state index contributed by atoms with van der Waals surface area (Å²) in [5.41, 5.74) is 0. The Morgan fingerprint density at radius 3 is 2.36 bits per heavy atom. The third-order valence-corrected chi connectivity index (χ3v) is 5.27. The van der Waals surface area contributed by atoms with Crippen LogP contribution in [0.25, 0.3) is 0 Å². The number of ether oxygens (including phenoxy) is 1. The van der Waals surface area contributed by atoms with Crippen molar-refractivity contribution in [3.63, 3.8) is 0 Å². The van der Waals surface area contributed by atoms with Gasteiger partial charge in [-0.25, -0.2) is 8.42 Å². The highest BCUT2D eigenvalue weighted by Crippen LogP contribution is 2.19. The van der Waals surface area contributed by atoms with Crippen LogP contribution in [-0.4, -0.2) is 44.7 Å². The van der Waals surface area contributed by atoms with Gasteiger partial charge in [-0.3, -0.25) is 9.59 Å². The molecule has 2 N–H and O–H groups in total. The van der Waals surface area contributed by atoms with Gasteiger partial charge in [0.05, 0.1) is 23.3 Å². The van der Waals surface area contributed by atoms with Gasteiger partial charge in [0, 0.05) is 12.5 Å². The van der Waals surface area contributed by atoms with Gasteiger partial charge < -0.3 is 15.4 Å². The summed E-state index contributed by atoms with van der Waals surface area (Å²) in [5.74, 6) is -0.435. The van der Waals surface area contributed by atoms with E-state index in [-0.39, 0.29) is 41.7 Å². The van der Waals surface area contributed by atoms with Crippen molar-refractivity contribution in [3.8, 4) is 5.75 Å². The first-order chi connectivity index (χ1) is 11.8. The Hall–Kier alpha value is -2.09. The Morgan fingerprint density at radius 1 is 1.16 bits per heavy atom. The maximum absolute atomic E-state index is 12.3. The van der Waals surface area contributed by atoms with E-state index in [1.165, 1.54) is 12.1 Å². The first-order valence-electron chi connectivity index (χ1n) is 8.32. The molecular weight excluding hydrogens is 344 g/mol. The van der Waals surface area contributed by atoms with E-state index in [9.17, 15) is 18.0 Å². The molecule has 0 saturated heterocycles. The summed E-state index contributed by atoms with van der Waals surface area (Å²) < 4.78 is 30.0. The van der Waals surface area contributed by atoms with E-state index in [4.69, 9.17) is 4.74 Å². The Balaban J connectivity index is 1.79. The highest BCUT2D eigenvalue weighted by molar-refractivity contribution is 7.91. The number of sulfone groups is 1. The van der Waals surface area contributed by atoms with Crippen LogP contribution in [0.15, 0.2) is 29.2 Å². The maximum Gasteiger partial charge on any atom is 0.239 e. The van der Waals surface area contributed by atoms with Gasteiger partial charge in [0.25, 0.3) is 0 Å². The standard InChI is InChI=1S/C17H24N2O5S/c1-12(2)24-14-5-7-15(8-6-14)25(22,23)10-9-16(20)18-11-17(21)19-13-3-4-13/h5-8,12-13H,3-4,9-11H2,1-2H3,(H,18,20)(H,19,21). The molecule has 0 radical (unpaired) electrons. The number of hydrogen-bond donors (Lipinski definition) is 2. The van der Waals surface area contributed by atoms with Gasteiger partial charge in [0.1, 0.15) is 5.75 Å². The van der Waals surface area contributed by atoms with E-state index >= 15 is 0 Å². The van der Waals surface area contributed by atoms with Crippen LogP contribution in [-0.2, 0) is 19.4 Å². The molecule has 138 valence electrons. The van der Waals surface area contributed by atoms with Crippen molar-refractivity contribution in [3.05, 3.63) is 24.3 Å². The molecule has 0 aromatic heterocycles. The summed E-state index contributed by atoms with van der Waals surface area (Å²) in [4.78, 5) is 23.3. The molecule has 1 aliphatic carbocycles. The quantitative estimate of drug-likeness (QED) is 0.678. The molecule has 7 nitrogen and oxygen atoms in total. The fourth-order valence-electron chi connectivity index (χ4n) is 2.12. The van der Waals surface area contributed by atoms with Crippen molar-refractivity contribution < 1.29 is 22.7 Å². The van der Waals surface area contributed by atoms with Gasteiger partial charge >= 0.3 is 0 Å². The van der Waals surface area contributed by atoms with Crippen molar-refractivity contribution in [2.75, 3.05) is 12.3 Å². The topological polar surface area (TPSA) is 102 Å². The summed E-state index contributed by atoms with van der Waals surface area (Å²) in [6.45, 7) is 3.64. The number of carbonyl (C=O) groups excluding carboxylic acids is 2. The minimum atomic E-state index is -3.57. The molecule has 2 rings (SSSR count). The second-order valence-corrected chi connectivity index (χ2v) is 8.43. The van der Waals surface area contributed by atoms with Crippen LogP contribution in [0.2, 0.25) is 0 Å². The van der Waals surface area contributed by atoms with Crippen molar-refractivity contribution in [2.45, 2.75) is 50.2 Å². The lowest BCUT2D eigenvalue weighted by Crippen LogP contribution is -2.38. The number of hydrogen-bond acceptors (Lipinski definition) is 5. The summed E-state index contributed by atoms with van der Waals surface area (Å²) >= 11 is 0. The van der Waals surface area contributed by atoms with Crippen molar-refractivity contribution >= 4 is 21.7 Å². The number of amides is 2. The molecule has 2 amide bonds. The van der Waals surface area contributed by atoms with Gasteiger partial charge in [0.2, 0.25) is 11.8 Å². The van der Waals surface area contributed by atoms with E-state index in [0.29, 0.717) is 5.75 Å². The molecule has 1 aromatic rings. The fraction of sp³-hybridized carbons (Fsp3) is 0.529. The van der Waals surface area contributed by atoms with E-state index in [1.54, 1.807) is 12.1 Å². The minimum Gasteiger partial charge on any atom is -0.491 e. The first-order valence-corrected chi connectivity index (χ1v) is 9.97. The predicted octanol–water partition coefficient (Wildman–Crippen LogP) is 1.03. The Bertz CT molecular complexity index is 709. The summed E-state index contributed by atoms with van der Waals surface area (Å²) in [7, 11) is -3.57. The fourth-order valence-corrected chi connectivity index (χ4v) is 3.36. The smallest absolute Gasteiger partial charge is 0.239 e.